The quantitative estimate of drug-likeness (QED) is 0.342. The number of hydrogen-bond donors (Lipinski definition) is 1. The van der Waals surface area contributed by atoms with Crippen LogP contribution in [0.4, 0.5) is 22.0 Å². The Labute approximate surface area is 216 Å². The highest BCUT2D eigenvalue weighted by atomic mass is 35.5. The first-order valence-electron chi connectivity index (χ1n) is 11.8. The van der Waals surface area contributed by atoms with E-state index in [0.717, 1.165) is 23.3 Å². The molecule has 0 aliphatic carbocycles. The van der Waals surface area contributed by atoms with Crippen LogP contribution < -0.4 is 0 Å². The third-order valence-corrected chi connectivity index (χ3v) is 7.27. The number of likely N-dealkylation sites (tertiary alicyclic amines) is 1. The summed E-state index contributed by atoms with van der Waals surface area (Å²) in [5.74, 6) is -1.20. The second kappa shape index (κ2) is 10.8. The highest BCUT2D eigenvalue weighted by molar-refractivity contribution is 6.31. The minimum atomic E-state index is -4.65. The summed E-state index contributed by atoms with van der Waals surface area (Å²) in [6, 6.07) is 15.3. The van der Waals surface area contributed by atoms with Crippen molar-refractivity contribution in [3.8, 4) is 0 Å². The molecule has 0 bridgehead atoms. The van der Waals surface area contributed by atoms with Crippen molar-refractivity contribution in [1.29, 1.82) is 0 Å². The summed E-state index contributed by atoms with van der Waals surface area (Å²) in [6.07, 6.45) is -3.94. The first kappa shape index (κ1) is 27.1. The number of carbonyl (C=O) groups excluding carboxylic acids is 1. The summed E-state index contributed by atoms with van der Waals surface area (Å²) in [5.41, 5.74) is -0.823. The average molecular weight is 538 g/mol. The largest absolute Gasteiger partial charge is 0.417 e. The Kier molecular flexibility index (Phi) is 7.90. The van der Waals surface area contributed by atoms with Crippen molar-refractivity contribution in [1.82, 2.24) is 4.90 Å². The Hall–Kier alpha value is -2.97. The molecular weight excluding hydrogens is 513 g/mol. The van der Waals surface area contributed by atoms with Gasteiger partial charge in [0.05, 0.1) is 16.2 Å². The zero-order chi connectivity index (χ0) is 26.8. The van der Waals surface area contributed by atoms with Gasteiger partial charge in [-0.05, 0) is 72.4 Å². The zero-order valence-corrected chi connectivity index (χ0v) is 20.5. The highest BCUT2D eigenvalue weighted by Gasteiger charge is 2.39. The number of amides is 1. The summed E-state index contributed by atoms with van der Waals surface area (Å²) < 4.78 is 66.7. The lowest BCUT2D eigenvalue weighted by Gasteiger charge is -2.39. The van der Waals surface area contributed by atoms with Crippen LogP contribution in [0.25, 0.3) is 0 Å². The summed E-state index contributed by atoms with van der Waals surface area (Å²) in [7, 11) is 0. The smallest absolute Gasteiger partial charge is 0.385 e. The van der Waals surface area contributed by atoms with E-state index < -0.39 is 22.4 Å². The predicted molar refractivity (Wildman–Crippen MR) is 130 cm³/mol. The Morgan fingerprint density at radius 1 is 0.919 bits per heavy atom. The van der Waals surface area contributed by atoms with Crippen LogP contribution in [0, 0.1) is 11.6 Å². The molecule has 9 heteroatoms. The van der Waals surface area contributed by atoms with E-state index in [-0.39, 0.29) is 61.4 Å². The topological polar surface area (TPSA) is 40.5 Å². The van der Waals surface area contributed by atoms with Gasteiger partial charge in [-0.25, -0.2) is 8.78 Å². The van der Waals surface area contributed by atoms with Gasteiger partial charge in [-0.1, -0.05) is 41.9 Å². The molecule has 3 nitrogen and oxygen atoms in total. The van der Waals surface area contributed by atoms with E-state index in [2.05, 4.69) is 0 Å². The lowest BCUT2D eigenvalue weighted by molar-refractivity contribution is -0.137. The maximum atomic E-state index is 13.5. The van der Waals surface area contributed by atoms with Crippen LogP contribution in [-0.4, -0.2) is 29.0 Å². The minimum absolute atomic E-state index is 0.0804. The molecule has 1 amide bonds. The molecule has 3 aromatic rings. The Morgan fingerprint density at radius 3 is 1.92 bits per heavy atom. The molecule has 0 radical (unpaired) electrons. The third kappa shape index (κ3) is 6.30. The van der Waals surface area contributed by atoms with Crippen LogP contribution in [0.1, 0.15) is 53.9 Å². The van der Waals surface area contributed by atoms with Gasteiger partial charge in [-0.3, -0.25) is 4.79 Å². The number of aliphatic hydroxyl groups is 1. The fourth-order valence-corrected chi connectivity index (χ4v) is 5.01. The van der Waals surface area contributed by atoms with Gasteiger partial charge in [0.2, 0.25) is 5.91 Å². The second-order valence-electron chi connectivity index (χ2n) is 9.30. The van der Waals surface area contributed by atoms with Gasteiger partial charge < -0.3 is 10.0 Å². The Bertz CT molecular complexity index is 1190. The molecule has 1 fully saturated rings. The van der Waals surface area contributed by atoms with Crippen LogP contribution in [-0.2, 0) is 16.6 Å². The van der Waals surface area contributed by atoms with Crippen molar-refractivity contribution in [3.05, 3.63) is 106 Å². The highest BCUT2D eigenvalue weighted by Crippen LogP contribution is 2.40. The molecule has 3 aromatic carbocycles. The molecule has 0 unspecified atom stereocenters. The lowest BCUT2D eigenvalue weighted by atomic mass is 9.83. The molecule has 1 aliphatic heterocycles. The third-order valence-electron chi connectivity index (χ3n) is 6.94. The van der Waals surface area contributed by atoms with Crippen molar-refractivity contribution in [2.45, 2.75) is 43.4 Å². The maximum Gasteiger partial charge on any atom is 0.417 e. The average Bonchev–Trinajstić information content (AvgIpc) is 2.86. The van der Waals surface area contributed by atoms with E-state index in [1.165, 1.54) is 30.3 Å². The van der Waals surface area contributed by atoms with Crippen LogP contribution in [0.5, 0.6) is 0 Å². The molecule has 1 heterocycles. The number of benzene rings is 3. The SMILES string of the molecule is O=C(CCC(c1ccc(F)cc1)c1ccc(F)cc1)N1CCC(O)(c2ccc(Cl)c(C(F)(F)F)c2)CC1. The molecule has 0 aromatic heterocycles. The molecule has 1 N–H and O–H groups in total. The maximum absolute atomic E-state index is 13.5. The van der Waals surface area contributed by atoms with Crippen molar-refractivity contribution < 1.29 is 31.9 Å². The van der Waals surface area contributed by atoms with Crippen LogP contribution in [0.15, 0.2) is 66.7 Å². The number of rotatable bonds is 6. The van der Waals surface area contributed by atoms with E-state index in [1.807, 2.05) is 0 Å². The first-order valence-corrected chi connectivity index (χ1v) is 12.2. The molecule has 1 saturated heterocycles. The number of carbonyl (C=O) groups is 1. The van der Waals surface area contributed by atoms with E-state index in [9.17, 15) is 31.9 Å². The van der Waals surface area contributed by atoms with E-state index in [4.69, 9.17) is 11.6 Å². The van der Waals surface area contributed by atoms with Crippen molar-refractivity contribution in [2.75, 3.05) is 13.1 Å². The van der Waals surface area contributed by atoms with E-state index in [0.29, 0.717) is 6.42 Å². The summed E-state index contributed by atoms with van der Waals surface area (Å²) >= 11 is 5.70. The second-order valence-corrected chi connectivity index (χ2v) is 9.71. The predicted octanol–water partition coefficient (Wildman–Crippen LogP) is 7.06. The number of alkyl halides is 3. The number of piperidine rings is 1. The van der Waals surface area contributed by atoms with Crippen molar-refractivity contribution in [2.24, 2.45) is 0 Å². The van der Waals surface area contributed by atoms with Crippen molar-refractivity contribution in [3.63, 3.8) is 0 Å². The fraction of sp³-hybridized carbons (Fsp3) is 0.321. The van der Waals surface area contributed by atoms with Gasteiger partial charge in [0.25, 0.3) is 0 Å². The Balaban J connectivity index is 1.43. The van der Waals surface area contributed by atoms with E-state index in [1.54, 1.807) is 29.2 Å². The number of nitrogens with zero attached hydrogens (tertiary/aromatic N) is 1. The molecule has 37 heavy (non-hydrogen) atoms. The van der Waals surface area contributed by atoms with Crippen molar-refractivity contribution >= 4 is 17.5 Å². The number of hydrogen-bond acceptors (Lipinski definition) is 2. The van der Waals surface area contributed by atoms with Gasteiger partial charge in [-0.15, -0.1) is 0 Å². The molecule has 1 aliphatic rings. The Morgan fingerprint density at radius 2 is 1.43 bits per heavy atom. The van der Waals surface area contributed by atoms with Gasteiger partial charge in [0.15, 0.2) is 0 Å². The minimum Gasteiger partial charge on any atom is -0.385 e. The van der Waals surface area contributed by atoms with Crippen LogP contribution in [0.3, 0.4) is 0 Å². The summed E-state index contributed by atoms with van der Waals surface area (Å²) in [4.78, 5) is 14.6. The standard InChI is InChI=1S/C28H25ClF5NO2/c29-25-11-5-20(17-24(25)28(32,33)34)27(37)13-15-35(16-14-27)26(36)12-10-23(18-1-6-21(30)7-2-18)19-3-8-22(31)9-4-19/h1-9,11,17,23,37H,10,12-16H2. The molecule has 0 atom stereocenters. The number of halogens is 6. The van der Waals surface area contributed by atoms with Crippen LogP contribution >= 0.6 is 11.6 Å². The zero-order valence-electron chi connectivity index (χ0n) is 19.7. The molecule has 0 spiro atoms. The molecule has 196 valence electrons. The summed E-state index contributed by atoms with van der Waals surface area (Å²) in [6.45, 7) is 0.355. The summed E-state index contributed by atoms with van der Waals surface area (Å²) in [5, 5.41) is 10.6. The normalized spacial score (nSPS) is 15.7. The monoisotopic (exact) mass is 537 g/mol. The molecule has 0 saturated carbocycles. The van der Waals surface area contributed by atoms with Gasteiger partial charge >= 0.3 is 6.18 Å². The van der Waals surface area contributed by atoms with Gasteiger partial charge in [0, 0.05) is 25.4 Å². The lowest BCUT2D eigenvalue weighted by Crippen LogP contribution is -2.45. The first-order chi connectivity index (χ1) is 17.5. The molecule has 4 rings (SSSR count). The van der Waals surface area contributed by atoms with E-state index >= 15 is 0 Å². The fourth-order valence-electron chi connectivity index (χ4n) is 4.79. The van der Waals surface area contributed by atoms with Gasteiger partial charge in [0.1, 0.15) is 11.6 Å². The van der Waals surface area contributed by atoms with Gasteiger partial charge in [-0.2, -0.15) is 13.2 Å². The molecular formula is C28H25ClF5NO2. The van der Waals surface area contributed by atoms with Crippen LogP contribution in [0.2, 0.25) is 5.02 Å².